The predicted octanol–water partition coefficient (Wildman–Crippen LogP) is 2.49. The number of aryl methyl sites for hydroxylation is 1. The lowest BCUT2D eigenvalue weighted by Gasteiger charge is -2.17. The average molecular weight is 264 g/mol. The molecule has 2 heterocycles. The zero-order valence-electron chi connectivity index (χ0n) is 11.2. The second-order valence-electron chi connectivity index (χ2n) is 4.75. The van der Waals surface area contributed by atoms with Gasteiger partial charge in [0.2, 0.25) is 0 Å². The Morgan fingerprint density at radius 2 is 1.90 bits per heavy atom. The SMILES string of the molecule is Cc1ccc(C(NN)c2nccc3ccccc23)cn1. The Hall–Kier alpha value is -2.30. The standard InChI is InChI=1S/C16H16N4/c1-11-6-7-13(10-19-11)15(20-17)16-14-5-3-2-4-12(14)8-9-18-16/h2-10,15,20H,17H2,1H3. The molecule has 2 aromatic heterocycles. The van der Waals surface area contributed by atoms with Crippen LogP contribution >= 0.6 is 0 Å². The van der Waals surface area contributed by atoms with Crippen LogP contribution in [0.4, 0.5) is 0 Å². The van der Waals surface area contributed by atoms with Gasteiger partial charge in [0, 0.05) is 23.5 Å². The van der Waals surface area contributed by atoms with Crippen molar-refractivity contribution in [2.24, 2.45) is 5.84 Å². The second-order valence-corrected chi connectivity index (χ2v) is 4.75. The second kappa shape index (κ2) is 5.36. The van der Waals surface area contributed by atoms with Crippen LogP contribution in [0.1, 0.15) is 23.0 Å². The summed E-state index contributed by atoms with van der Waals surface area (Å²) in [7, 11) is 0. The van der Waals surface area contributed by atoms with E-state index in [-0.39, 0.29) is 6.04 Å². The van der Waals surface area contributed by atoms with Gasteiger partial charge in [0.05, 0.1) is 11.7 Å². The Balaban J connectivity index is 2.14. The van der Waals surface area contributed by atoms with E-state index in [0.717, 1.165) is 27.7 Å². The van der Waals surface area contributed by atoms with Crippen LogP contribution in [0.25, 0.3) is 10.8 Å². The molecule has 3 aromatic rings. The molecule has 1 unspecified atom stereocenters. The highest BCUT2D eigenvalue weighted by molar-refractivity contribution is 5.85. The summed E-state index contributed by atoms with van der Waals surface area (Å²) in [6.45, 7) is 1.96. The highest BCUT2D eigenvalue weighted by Crippen LogP contribution is 2.26. The molecule has 4 heteroatoms. The predicted molar refractivity (Wildman–Crippen MR) is 79.9 cm³/mol. The fraction of sp³-hybridized carbons (Fsp3) is 0.125. The van der Waals surface area contributed by atoms with Crippen molar-refractivity contribution >= 4 is 10.8 Å². The number of hydrogen-bond donors (Lipinski definition) is 2. The first-order valence-corrected chi connectivity index (χ1v) is 6.52. The molecule has 3 N–H and O–H groups in total. The molecule has 100 valence electrons. The van der Waals surface area contributed by atoms with Gasteiger partial charge in [0.1, 0.15) is 0 Å². The third-order valence-electron chi connectivity index (χ3n) is 3.41. The third kappa shape index (κ3) is 2.27. The maximum atomic E-state index is 5.75. The van der Waals surface area contributed by atoms with E-state index < -0.39 is 0 Å². The van der Waals surface area contributed by atoms with Crippen LogP contribution < -0.4 is 11.3 Å². The molecule has 0 spiro atoms. The lowest BCUT2D eigenvalue weighted by atomic mass is 10.0. The van der Waals surface area contributed by atoms with Crippen LogP contribution in [-0.2, 0) is 0 Å². The number of nitrogens with one attached hydrogen (secondary N) is 1. The van der Waals surface area contributed by atoms with Gasteiger partial charge < -0.3 is 0 Å². The van der Waals surface area contributed by atoms with Crippen LogP contribution in [-0.4, -0.2) is 9.97 Å². The number of nitrogens with zero attached hydrogens (tertiary/aromatic N) is 2. The topological polar surface area (TPSA) is 63.8 Å². The molecule has 4 nitrogen and oxygen atoms in total. The molecule has 0 saturated heterocycles. The van der Waals surface area contributed by atoms with Gasteiger partial charge in [0.15, 0.2) is 0 Å². The van der Waals surface area contributed by atoms with Crippen LogP contribution in [0.15, 0.2) is 54.9 Å². The number of aromatic nitrogens is 2. The number of benzene rings is 1. The van der Waals surface area contributed by atoms with Crippen molar-refractivity contribution in [3.05, 3.63) is 71.8 Å². The molecule has 1 aromatic carbocycles. The van der Waals surface area contributed by atoms with E-state index in [9.17, 15) is 0 Å². The third-order valence-corrected chi connectivity index (χ3v) is 3.41. The Bertz CT molecular complexity index is 717. The monoisotopic (exact) mass is 264 g/mol. The van der Waals surface area contributed by atoms with Gasteiger partial charge in [-0.25, -0.2) is 5.43 Å². The molecular formula is C16H16N4. The van der Waals surface area contributed by atoms with Gasteiger partial charge in [0.25, 0.3) is 0 Å². The molecule has 0 aliphatic heterocycles. The van der Waals surface area contributed by atoms with Gasteiger partial charge in [-0.1, -0.05) is 30.3 Å². The fourth-order valence-electron chi connectivity index (χ4n) is 2.36. The van der Waals surface area contributed by atoms with Crippen LogP contribution in [0.3, 0.4) is 0 Å². The first kappa shape index (κ1) is 12.7. The Morgan fingerprint density at radius 3 is 2.65 bits per heavy atom. The summed E-state index contributed by atoms with van der Waals surface area (Å²) >= 11 is 0. The summed E-state index contributed by atoms with van der Waals surface area (Å²) in [6.07, 6.45) is 3.65. The lowest BCUT2D eigenvalue weighted by Crippen LogP contribution is -2.29. The Kier molecular flexibility index (Phi) is 3.41. The molecule has 0 radical (unpaired) electrons. The summed E-state index contributed by atoms with van der Waals surface area (Å²) < 4.78 is 0. The summed E-state index contributed by atoms with van der Waals surface area (Å²) in [5, 5.41) is 2.25. The maximum Gasteiger partial charge on any atom is 0.0902 e. The summed E-state index contributed by atoms with van der Waals surface area (Å²) in [5.74, 6) is 5.75. The molecule has 0 aliphatic carbocycles. The minimum absolute atomic E-state index is 0.172. The molecule has 20 heavy (non-hydrogen) atoms. The smallest absolute Gasteiger partial charge is 0.0902 e. The van der Waals surface area contributed by atoms with Gasteiger partial charge in [-0.05, 0) is 30.0 Å². The fourth-order valence-corrected chi connectivity index (χ4v) is 2.36. The number of hydrazine groups is 1. The quantitative estimate of drug-likeness (QED) is 0.563. The van der Waals surface area contributed by atoms with E-state index in [1.54, 1.807) is 0 Å². The first-order valence-electron chi connectivity index (χ1n) is 6.52. The zero-order valence-corrected chi connectivity index (χ0v) is 11.2. The molecule has 0 bridgehead atoms. The number of fused-ring (bicyclic) bond motifs is 1. The van der Waals surface area contributed by atoms with Crippen molar-refractivity contribution in [2.75, 3.05) is 0 Å². The van der Waals surface area contributed by atoms with Gasteiger partial charge in [-0.3, -0.25) is 15.8 Å². The molecule has 0 saturated carbocycles. The normalized spacial score (nSPS) is 12.5. The number of nitrogens with two attached hydrogens (primary N) is 1. The minimum atomic E-state index is -0.172. The molecule has 1 atom stereocenters. The molecule has 0 amide bonds. The molecule has 0 aliphatic rings. The number of pyridine rings is 2. The van der Waals surface area contributed by atoms with Crippen molar-refractivity contribution in [2.45, 2.75) is 13.0 Å². The van der Waals surface area contributed by atoms with E-state index in [1.165, 1.54) is 0 Å². The van der Waals surface area contributed by atoms with E-state index in [0.29, 0.717) is 0 Å². The van der Waals surface area contributed by atoms with E-state index in [1.807, 2.05) is 49.6 Å². The average Bonchev–Trinajstić information content (AvgIpc) is 2.50. The molecule has 3 rings (SSSR count). The van der Waals surface area contributed by atoms with Gasteiger partial charge in [-0.15, -0.1) is 0 Å². The van der Waals surface area contributed by atoms with Gasteiger partial charge in [-0.2, -0.15) is 0 Å². The van der Waals surface area contributed by atoms with Crippen LogP contribution in [0.2, 0.25) is 0 Å². The van der Waals surface area contributed by atoms with E-state index in [4.69, 9.17) is 5.84 Å². The van der Waals surface area contributed by atoms with Crippen LogP contribution in [0.5, 0.6) is 0 Å². The molecule has 0 fully saturated rings. The van der Waals surface area contributed by atoms with Crippen LogP contribution in [0, 0.1) is 6.92 Å². The number of rotatable bonds is 3. The Morgan fingerprint density at radius 1 is 1.05 bits per heavy atom. The molecular weight excluding hydrogens is 248 g/mol. The van der Waals surface area contributed by atoms with Gasteiger partial charge >= 0.3 is 0 Å². The highest BCUT2D eigenvalue weighted by Gasteiger charge is 2.16. The lowest BCUT2D eigenvalue weighted by molar-refractivity contribution is 0.623. The maximum absolute atomic E-state index is 5.75. The largest absolute Gasteiger partial charge is 0.271 e. The zero-order chi connectivity index (χ0) is 13.9. The number of hydrogen-bond acceptors (Lipinski definition) is 4. The van der Waals surface area contributed by atoms with E-state index >= 15 is 0 Å². The summed E-state index contributed by atoms with van der Waals surface area (Å²) in [4.78, 5) is 8.84. The summed E-state index contributed by atoms with van der Waals surface area (Å²) in [6, 6.07) is 14.0. The highest BCUT2D eigenvalue weighted by atomic mass is 15.2. The first-order chi connectivity index (χ1) is 9.79. The van der Waals surface area contributed by atoms with Crippen molar-refractivity contribution < 1.29 is 0 Å². The summed E-state index contributed by atoms with van der Waals surface area (Å²) in [5.41, 5.74) is 5.74. The van der Waals surface area contributed by atoms with Crippen molar-refractivity contribution in [1.29, 1.82) is 0 Å². The minimum Gasteiger partial charge on any atom is -0.271 e. The van der Waals surface area contributed by atoms with Crippen molar-refractivity contribution in [1.82, 2.24) is 15.4 Å². The Labute approximate surface area is 117 Å². The van der Waals surface area contributed by atoms with Crippen molar-refractivity contribution in [3.63, 3.8) is 0 Å². The van der Waals surface area contributed by atoms with Crippen molar-refractivity contribution in [3.8, 4) is 0 Å². The van der Waals surface area contributed by atoms with E-state index in [2.05, 4.69) is 27.5 Å².